The normalized spacial score (nSPS) is 12.8. The molecule has 0 fully saturated rings. The van der Waals surface area contributed by atoms with Gasteiger partial charge in [-0.25, -0.2) is 0 Å². The Labute approximate surface area is 251 Å². The average molecular weight is 750 g/mol. The predicted molar refractivity (Wildman–Crippen MR) is 143 cm³/mol. The molecule has 0 N–H and O–H groups in total. The molecule has 0 aliphatic carbocycles. The molecule has 0 aliphatic heterocycles. The average Bonchev–Trinajstić information content (AvgIpc) is 3.34. The van der Waals surface area contributed by atoms with Crippen LogP contribution in [0.15, 0.2) is 42.5 Å². The Morgan fingerprint density at radius 1 is 0.707 bits per heavy atom. The van der Waals surface area contributed by atoms with E-state index in [1.54, 1.807) is 12.1 Å². The summed E-state index contributed by atoms with van der Waals surface area (Å²) in [6.07, 6.45) is -2.09. The van der Waals surface area contributed by atoms with E-state index in [2.05, 4.69) is 17.4 Å². The van der Waals surface area contributed by atoms with Gasteiger partial charge in [-0.05, 0) is 53.6 Å². The summed E-state index contributed by atoms with van der Waals surface area (Å²) in [6, 6.07) is 12.5. The van der Waals surface area contributed by atoms with Crippen LogP contribution in [0.4, 0.5) is 22.0 Å². The second-order valence-corrected chi connectivity index (χ2v) is 12.5. The van der Waals surface area contributed by atoms with Crippen LogP contribution in [0.1, 0.15) is 83.6 Å². The Balaban J connectivity index is 0.00000462. The van der Waals surface area contributed by atoms with Gasteiger partial charge in [-0.3, -0.25) is 18.9 Å². The first kappa shape index (κ1) is 32.6. The molecule has 0 aliphatic rings. The van der Waals surface area contributed by atoms with Gasteiger partial charge in [-0.2, -0.15) is 13.2 Å². The van der Waals surface area contributed by atoms with E-state index in [1.165, 1.54) is 0 Å². The summed E-state index contributed by atoms with van der Waals surface area (Å²) < 4.78 is 69.2. The van der Waals surface area contributed by atoms with Crippen LogP contribution in [0, 0.1) is 23.9 Å². The first-order valence-electron chi connectivity index (χ1n) is 12.8. The SMILES string of the molecule is CC(C)(C)c1cc(-c2[c-]cc(F)cc2F)nc(C(C)(C)c2cc(C(C)(C)C)cc(-n3[c-]cc(C(F)(F)F)n3)n2)c1.[Pt+2]. The van der Waals surface area contributed by atoms with E-state index in [0.717, 1.165) is 34.0 Å². The molecule has 4 aromatic rings. The maximum atomic E-state index is 14.8. The van der Waals surface area contributed by atoms with Gasteiger partial charge in [0, 0.05) is 28.4 Å². The van der Waals surface area contributed by atoms with Crippen LogP contribution in [-0.4, -0.2) is 19.7 Å². The van der Waals surface area contributed by atoms with E-state index in [-0.39, 0.29) is 49.0 Å². The fourth-order valence-corrected chi connectivity index (χ4v) is 4.11. The minimum atomic E-state index is -4.62. The molecule has 220 valence electrons. The van der Waals surface area contributed by atoms with Gasteiger partial charge in [0.15, 0.2) is 0 Å². The number of alkyl halides is 3. The zero-order valence-electron chi connectivity index (χ0n) is 24.0. The first-order valence-corrected chi connectivity index (χ1v) is 12.8. The van der Waals surface area contributed by atoms with Crippen molar-refractivity contribution < 1.29 is 43.0 Å². The van der Waals surface area contributed by atoms with Gasteiger partial charge in [0.25, 0.3) is 0 Å². The van der Waals surface area contributed by atoms with Crippen molar-refractivity contribution in [2.75, 3.05) is 0 Å². The van der Waals surface area contributed by atoms with E-state index < -0.39 is 28.9 Å². The molecule has 41 heavy (non-hydrogen) atoms. The molecule has 0 bridgehead atoms. The third kappa shape index (κ3) is 6.94. The van der Waals surface area contributed by atoms with Crippen molar-refractivity contribution in [2.45, 2.75) is 77.8 Å². The molecule has 0 saturated heterocycles. The van der Waals surface area contributed by atoms with Crippen molar-refractivity contribution in [3.63, 3.8) is 0 Å². The van der Waals surface area contributed by atoms with Crippen LogP contribution < -0.4 is 0 Å². The Morgan fingerprint density at radius 2 is 1.27 bits per heavy atom. The number of hydrogen-bond donors (Lipinski definition) is 0. The summed E-state index contributed by atoms with van der Waals surface area (Å²) in [4.78, 5) is 9.49. The minimum absolute atomic E-state index is 0. The molecule has 0 spiro atoms. The number of rotatable bonds is 4. The summed E-state index contributed by atoms with van der Waals surface area (Å²) in [5, 5.41) is 3.67. The van der Waals surface area contributed by atoms with Gasteiger partial charge in [-0.1, -0.05) is 71.5 Å². The molecule has 3 heterocycles. The smallest absolute Gasteiger partial charge is 0.343 e. The van der Waals surface area contributed by atoms with Gasteiger partial charge in [0.05, 0.1) is 11.5 Å². The summed E-state index contributed by atoms with van der Waals surface area (Å²) in [6.45, 7) is 15.8. The zero-order chi connectivity index (χ0) is 29.8. The van der Waals surface area contributed by atoms with Crippen LogP contribution >= 0.6 is 0 Å². The Morgan fingerprint density at radius 3 is 1.78 bits per heavy atom. The van der Waals surface area contributed by atoms with Gasteiger partial charge in [0.1, 0.15) is 0 Å². The molecule has 0 atom stereocenters. The number of nitrogens with zero attached hydrogens (tertiary/aromatic N) is 4. The second-order valence-electron chi connectivity index (χ2n) is 12.5. The Hall–Kier alpha value is -2.93. The van der Waals surface area contributed by atoms with Gasteiger partial charge in [-0.15, -0.1) is 18.2 Å². The van der Waals surface area contributed by atoms with E-state index in [9.17, 15) is 22.0 Å². The first-order chi connectivity index (χ1) is 18.3. The maximum Gasteiger partial charge on any atom is 2.00 e. The summed E-state index contributed by atoms with van der Waals surface area (Å²) >= 11 is 0. The third-order valence-corrected chi connectivity index (χ3v) is 6.80. The molecule has 1 aromatic carbocycles. The van der Waals surface area contributed by atoms with Crippen LogP contribution in [0.3, 0.4) is 0 Å². The van der Waals surface area contributed by atoms with Crippen molar-refractivity contribution in [1.82, 2.24) is 19.7 Å². The van der Waals surface area contributed by atoms with E-state index in [4.69, 9.17) is 9.97 Å². The molecule has 0 radical (unpaired) electrons. The molecule has 10 heteroatoms. The van der Waals surface area contributed by atoms with Crippen molar-refractivity contribution >= 4 is 0 Å². The predicted octanol–water partition coefficient (Wildman–Crippen LogP) is 8.15. The van der Waals surface area contributed by atoms with Crippen molar-refractivity contribution in [3.05, 3.63) is 94.6 Å². The summed E-state index contributed by atoms with van der Waals surface area (Å²) in [7, 11) is 0. The fraction of sp³-hybridized carbons (Fsp3) is 0.387. The van der Waals surface area contributed by atoms with Gasteiger partial charge >= 0.3 is 27.2 Å². The molecule has 0 unspecified atom stereocenters. The number of pyridine rings is 2. The molecule has 0 saturated carbocycles. The van der Waals surface area contributed by atoms with Crippen LogP contribution in [0.2, 0.25) is 0 Å². The standard InChI is InChI=1S/C31H31F5N4.Pt/c1-28(2,3)18-13-23(21-10-9-20(32)17-22(21)33)37-25(14-18)30(7,8)26-15-19(29(4,5)6)16-27(38-26)40-12-11-24(39-40)31(34,35)36;/h9,11,13-17H,1-8H3;/q-2;+2. The quantitative estimate of drug-likeness (QED) is 0.156. The van der Waals surface area contributed by atoms with E-state index in [0.29, 0.717) is 11.4 Å². The number of hydrogen-bond acceptors (Lipinski definition) is 3. The molecule has 3 aromatic heterocycles. The maximum absolute atomic E-state index is 14.8. The van der Waals surface area contributed by atoms with Gasteiger partial charge in [0.2, 0.25) is 0 Å². The third-order valence-electron chi connectivity index (χ3n) is 6.80. The molecule has 4 nitrogen and oxygen atoms in total. The van der Waals surface area contributed by atoms with Crippen molar-refractivity contribution in [1.29, 1.82) is 0 Å². The monoisotopic (exact) mass is 749 g/mol. The summed E-state index contributed by atoms with van der Waals surface area (Å²) in [5.41, 5.74) is 0.410. The topological polar surface area (TPSA) is 43.6 Å². The van der Waals surface area contributed by atoms with Crippen LogP contribution in [0.25, 0.3) is 17.1 Å². The minimum Gasteiger partial charge on any atom is -0.343 e. The van der Waals surface area contributed by atoms with E-state index >= 15 is 0 Å². The molecule has 0 amide bonds. The van der Waals surface area contributed by atoms with E-state index in [1.807, 2.05) is 67.5 Å². The Kier molecular flexibility index (Phi) is 8.78. The number of benzene rings is 1. The Bertz CT molecular complexity index is 1560. The second kappa shape index (κ2) is 11.0. The van der Waals surface area contributed by atoms with Gasteiger partial charge < -0.3 is 9.67 Å². The van der Waals surface area contributed by atoms with Crippen molar-refractivity contribution in [3.8, 4) is 17.1 Å². The van der Waals surface area contributed by atoms with Crippen LogP contribution in [0.5, 0.6) is 0 Å². The van der Waals surface area contributed by atoms with Crippen LogP contribution in [-0.2, 0) is 43.5 Å². The van der Waals surface area contributed by atoms with Crippen molar-refractivity contribution in [2.24, 2.45) is 0 Å². The molecular weight excluding hydrogens is 718 g/mol. The number of halogens is 5. The summed E-state index contributed by atoms with van der Waals surface area (Å²) in [5.74, 6) is -1.35. The molecule has 4 rings (SSSR count). The number of aromatic nitrogens is 4. The largest absolute Gasteiger partial charge is 2.00 e. The zero-order valence-corrected chi connectivity index (χ0v) is 26.3. The fourth-order valence-electron chi connectivity index (χ4n) is 4.11. The molecular formula is C31H31F5N4Pt.